The minimum absolute atomic E-state index is 0.653. The highest BCUT2D eigenvalue weighted by Gasteiger charge is 1.93. The van der Waals surface area contributed by atoms with Crippen LogP contribution >= 0.6 is 0 Å². The number of hydrogen-bond acceptors (Lipinski definition) is 1. The second-order valence-corrected chi connectivity index (χ2v) is 5.77. The maximum absolute atomic E-state index is 8.82. The van der Waals surface area contributed by atoms with Gasteiger partial charge in [0.15, 0.2) is 5.69 Å². The summed E-state index contributed by atoms with van der Waals surface area (Å²) >= 11 is 0. The van der Waals surface area contributed by atoms with E-state index in [0.29, 0.717) is 11.3 Å². The Morgan fingerprint density at radius 1 is 0.615 bits per heavy atom. The monoisotopic (exact) mass is 332 g/mol. The molecule has 0 heterocycles. The summed E-state index contributed by atoms with van der Waals surface area (Å²) in [5.74, 6) is 0. The molecule has 2 nitrogen and oxygen atoms in total. The molecule has 3 aromatic carbocycles. The SMILES string of the molecule is [C-]#[N+]c1ccc(/C=C/c2ccc(/C=C/c3ccc(C#N)cc3)cc2)cc1. The van der Waals surface area contributed by atoms with Gasteiger partial charge in [-0.05, 0) is 34.4 Å². The molecule has 0 aromatic heterocycles. The summed E-state index contributed by atoms with van der Waals surface area (Å²) in [4.78, 5) is 3.39. The maximum atomic E-state index is 8.82. The fourth-order valence-corrected chi connectivity index (χ4v) is 2.43. The van der Waals surface area contributed by atoms with Crippen LogP contribution in [0.1, 0.15) is 27.8 Å². The first-order chi connectivity index (χ1) is 12.8. The lowest BCUT2D eigenvalue weighted by Crippen LogP contribution is -1.77. The molecular weight excluding hydrogens is 316 g/mol. The molecule has 3 aromatic rings. The molecule has 3 rings (SSSR count). The molecule has 26 heavy (non-hydrogen) atoms. The summed E-state index contributed by atoms with van der Waals surface area (Å²) in [5.41, 5.74) is 5.70. The van der Waals surface area contributed by atoms with Crippen molar-refractivity contribution >= 4 is 30.0 Å². The van der Waals surface area contributed by atoms with E-state index in [0.717, 1.165) is 22.3 Å². The standard InChI is InChI=1S/C24H16N2/c1-26-24-16-14-22(15-17-24)9-8-20-4-2-19(3-5-20)6-7-21-10-12-23(18-25)13-11-21/h2-17H/b7-6+,9-8+. The van der Waals surface area contributed by atoms with E-state index < -0.39 is 0 Å². The Labute approximate surface area is 153 Å². The van der Waals surface area contributed by atoms with Crippen LogP contribution in [0.2, 0.25) is 0 Å². The van der Waals surface area contributed by atoms with Crippen molar-refractivity contribution in [2.75, 3.05) is 0 Å². The minimum Gasteiger partial charge on any atom is -0.238 e. The molecule has 0 aliphatic carbocycles. The van der Waals surface area contributed by atoms with Crippen molar-refractivity contribution in [3.05, 3.63) is 112 Å². The first-order valence-corrected chi connectivity index (χ1v) is 8.21. The summed E-state index contributed by atoms with van der Waals surface area (Å²) in [6.45, 7) is 6.97. The Bertz CT molecular complexity index is 922. The quantitative estimate of drug-likeness (QED) is 0.398. The highest BCUT2D eigenvalue weighted by Crippen LogP contribution is 2.16. The maximum Gasteiger partial charge on any atom is 0.187 e. The van der Waals surface area contributed by atoms with Crippen LogP contribution in [0.3, 0.4) is 0 Å². The van der Waals surface area contributed by atoms with Gasteiger partial charge in [-0.25, -0.2) is 4.85 Å². The molecule has 122 valence electrons. The fourth-order valence-electron chi connectivity index (χ4n) is 2.43. The van der Waals surface area contributed by atoms with E-state index in [2.05, 4.69) is 47.3 Å². The third-order valence-corrected chi connectivity index (χ3v) is 3.93. The van der Waals surface area contributed by atoms with Gasteiger partial charge in [0.25, 0.3) is 0 Å². The van der Waals surface area contributed by atoms with E-state index >= 15 is 0 Å². The molecule has 0 unspecified atom stereocenters. The van der Waals surface area contributed by atoms with E-state index in [-0.39, 0.29) is 0 Å². The lowest BCUT2D eigenvalue weighted by atomic mass is 10.1. The average Bonchev–Trinajstić information content (AvgIpc) is 2.72. The zero-order chi connectivity index (χ0) is 18.2. The molecule has 0 bridgehead atoms. The van der Waals surface area contributed by atoms with E-state index in [4.69, 9.17) is 11.8 Å². The van der Waals surface area contributed by atoms with Gasteiger partial charge in [-0.15, -0.1) is 0 Å². The van der Waals surface area contributed by atoms with Gasteiger partial charge in [-0.3, -0.25) is 0 Å². The van der Waals surface area contributed by atoms with E-state index in [9.17, 15) is 0 Å². The number of nitriles is 1. The van der Waals surface area contributed by atoms with Gasteiger partial charge >= 0.3 is 0 Å². The normalized spacial score (nSPS) is 10.7. The van der Waals surface area contributed by atoms with Gasteiger partial charge < -0.3 is 0 Å². The molecule has 0 aliphatic heterocycles. The molecule has 0 amide bonds. The van der Waals surface area contributed by atoms with Crippen LogP contribution in [0.4, 0.5) is 5.69 Å². The summed E-state index contributed by atoms with van der Waals surface area (Å²) in [7, 11) is 0. The van der Waals surface area contributed by atoms with Crippen molar-refractivity contribution in [2.45, 2.75) is 0 Å². The summed E-state index contributed by atoms with van der Waals surface area (Å²) in [6.07, 6.45) is 8.18. The molecule has 0 fully saturated rings. The third-order valence-electron chi connectivity index (χ3n) is 3.93. The lowest BCUT2D eigenvalue weighted by molar-refractivity contribution is 1.48. The molecule has 2 heteroatoms. The largest absolute Gasteiger partial charge is 0.238 e. The van der Waals surface area contributed by atoms with Crippen molar-refractivity contribution in [1.29, 1.82) is 5.26 Å². The molecule has 0 atom stereocenters. The highest BCUT2D eigenvalue weighted by atomic mass is 14.6. The number of nitrogens with zero attached hydrogens (tertiary/aromatic N) is 2. The second kappa shape index (κ2) is 8.29. The van der Waals surface area contributed by atoms with Gasteiger partial charge in [0.2, 0.25) is 0 Å². The van der Waals surface area contributed by atoms with Crippen molar-refractivity contribution in [3.8, 4) is 6.07 Å². The Hall–Kier alpha value is -3.88. The lowest BCUT2D eigenvalue weighted by Gasteiger charge is -1.98. The van der Waals surface area contributed by atoms with E-state index in [1.54, 1.807) is 0 Å². The summed E-state index contributed by atoms with van der Waals surface area (Å²) in [5, 5.41) is 8.82. The van der Waals surface area contributed by atoms with Crippen molar-refractivity contribution in [1.82, 2.24) is 0 Å². The molecular formula is C24H16N2. The van der Waals surface area contributed by atoms with Gasteiger partial charge in [0, 0.05) is 0 Å². The zero-order valence-electron chi connectivity index (χ0n) is 14.1. The van der Waals surface area contributed by atoms with Crippen LogP contribution in [0.15, 0.2) is 72.8 Å². The Kier molecular flexibility index (Phi) is 5.41. The zero-order valence-corrected chi connectivity index (χ0v) is 14.1. The molecule has 0 spiro atoms. The van der Waals surface area contributed by atoms with Crippen molar-refractivity contribution in [2.24, 2.45) is 0 Å². The molecule has 0 radical (unpaired) electrons. The van der Waals surface area contributed by atoms with Crippen LogP contribution in [-0.2, 0) is 0 Å². The van der Waals surface area contributed by atoms with Crippen LogP contribution in [0, 0.1) is 17.9 Å². The van der Waals surface area contributed by atoms with Gasteiger partial charge in [0.05, 0.1) is 18.2 Å². The number of benzene rings is 3. The van der Waals surface area contributed by atoms with Crippen LogP contribution < -0.4 is 0 Å². The topological polar surface area (TPSA) is 28.1 Å². The van der Waals surface area contributed by atoms with Gasteiger partial charge in [0.1, 0.15) is 0 Å². The smallest absolute Gasteiger partial charge is 0.187 e. The van der Waals surface area contributed by atoms with Gasteiger partial charge in [-0.1, -0.05) is 85.0 Å². The third kappa shape index (κ3) is 4.57. The minimum atomic E-state index is 0.653. The molecule has 0 saturated heterocycles. The Morgan fingerprint density at radius 2 is 0.962 bits per heavy atom. The van der Waals surface area contributed by atoms with Crippen molar-refractivity contribution in [3.63, 3.8) is 0 Å². The number of rotatable bonds is 4. The second-order valence-electron chi connectivity index (χ2n) is 5.77. The Balaban J connectivity index is 1.65. The van der Waals surface area contributed by atoms with E-state index in [1.807, 2.05) is 60.7 Å². The van der Waals surface area contributed by atoms with Crippen molar-refractivity contribution < 1.29 is 0 Å². The van der Waals surface area contributed by atoms with Crippen LogP contribution in [-0.4, -0.2) is 0 Å². The highest BCUT2D eigenvalue weighted by molar-refractivity contribution is 5.73. The molecule has 0 saturated carbocycles. The fraction of sp³-hybridized carbons (Fsp3) is 0. The molecule has 0 N–H and O–H groups in total. The van der Waals surface area contributed by atoms with E-state index in [1.165, 1.54) is 0 Å². The van der Waals surface area contributed by atoms with Crippen LogP contribution in [0.5, 0.6) is 0 Å². The first-order valence-electron chi connectivity index (χ1n) is 8.21. The first kappa shape index (κ1) is 17.0. The number of hydrogen-bond donors (Lipinski definition) is 0. The van der Waals surface area contributed by atoms with Crippen LogP contribution in [0.25, 0.3) is 29.1 Å². The predicted molar refractivity (Wildman–Crippen MR) is 108 cm³/mol. The average molecular weight is 332 g/mol. The summed E-state index contributed by atoms with van der Waals surface area (Å²) in [6, 6.07) is 25.4. The van der Waals surface area contributed by atoms with Gasteiger partial charge in [-0.2, -0.15) is 5.26 Å². The predicted octanol–water partition coefficient (Wildman–Crippen LogP) is 6.45. The Morgan fingerprint density at radius 3 is 1.31 bits per heavy atom. The molecule has 0 aliphatic rings. The summed E-state index contributed by atoms with van der Waals surface area (Å²) < 4.78 is 0.